The Morgan fingerprint density at radius 2 is 0.727 bits per heavy atom. The highest BCUT2D eigenvalue weighted by Gasteiger charge is 1.94. The zero-order valence-electron chi connectivity index (χ0n) is 15.4. The van der Waals surface area contributed by atoms with Crippen LogP contribution in [-0.2, 0) is 4.74 Å². The monoisotopic (exact) mass is 310 g/mol. The molecule has 0 saturated carbocycles. The van der Waals surface area contributed by atoms with Crippen LogP contribution in [0.15, 0.2) is 0 Å². The van der Waals surface area contributed by atoms with Crippen molar-refractivity contribution >= 4 is 0 Å². The topological polar surface area (TPSA) is 9.23 Å². The molecule has 0 aromatic heterocycles. The maximum absolute atomic E-state index is 5.00. The van der Waals surface area contributed by atoms with Gasteiger partial charge in [0.1, 0.15) is 7.11 Å². The van der Waals surface area contributed by atoms with Crippen LogP contribution in [0.2, 0.25) is 0 Å². The van der Waals surface area contributed by atoms with Crippen LogP contribution < -0.4 is 0 Å². The van der Waals surface area contributed by atoms with Gasteiger partial charge in [-0.2, -0.15) is 0 Å². The van der Waals surface area contributed by atoms with Crippen molar-refractivity contribution in [3.63, 3.8) is 0 Å². The van der Waals surface area contributed by atoms with Gasteiger partial charge in [0.25, 0.3) is 0 Å². The van der Waals surface area contributed by atoms with Gasteiger partial charge in [-0.25, -0.2) is 0 Å². The molecule has 0 saturated heterocycles. The molecule has 132 valence electrons. The molecule has 0 rings (SSSR count). The van der Waals surface area contributed by atoms with E-state index >= 15 is 0 Å². The molecule has 0 unspecified atom stereocenters. The molecular formula is C21H42O. The van der Waals surface area contributed by atoms with E-state index < -0.39 is 0 Å². The molecule has 0 aliphatic heterocycles. The van der Waals surface area contributed by atoms with E-state index in [2.05, 4.69) is 11.7 Å². The average molecular weight is 311 g/mol. The first-order valence-electron chi connectivity index (χ1n) is 10.2. The Bertz CT molecular complexity index is 159. The molecule has 2 radical (unpaired) electrons. The van der Waals surface area contributed by atoms with Crippen molar-refractivity contribution in [2.45, 2.75) is 122 Å². The fourth-order valence-electron chi connectivity index (χ4n) is 3.09. The number of ether oxygens (including phenoxy) is 1. The van der Waals surface area contributed by atoms with Crippen LogP contribution >= 0.6 is 0 Å². The molecule has 22 heavy (non-hydrogen) atoms. The van der Waals surface area contributed by atoms with Gasteiger partial charge in [-0.05, 0) is 6.42 Å². The first kappa shape index (κ1) is 22.0. The minimum absolute atomic E-state index is 0.721. The lowest BCUT2D eigenvalue weighted by Gasteiger charge is -2.03. The van der Waals surface area contributed by atoms with Gasteiger partial charge in [0, 0.05) is 6.61 Å². The third-order valence-corrected chi connectivity index (χ3v) is 4.62. The molecule has 0 aromatic rings. The Labute approximate surface area is 141 Å². The summed E-state index contributed by atoms with van der Waals surface area (Å²) in [7, 11) is 5.00. The standard InChI is InChI=1S/C21H42O/c1-3-4-5-6-7-8-9-10-11-12-13-14-15-16-17-18-19-20-21-22-2/h2H,3-21H2,1H3. The van der Waals surface area contributed by atoms with Crippen LogP contribution in [0.1, 0.15) is 122 Å². The zero-order valence-corrected chi connectivity index (χ0v) is 15.4. The van der Waals surface area contributed by atoms with Crippen LogP contribution in [0.4, 0.5) is 0 Å². The average Bonchev–Trinajstić information content (AvgIpc) is 2.54. The lowest BCUT2D eigenvalue weighted by atomic mass is 10.0. The number of rotatable bonds is 19. The molecule has 0 aliphatic carbocycles. The first-order chi connectivity index (χ1) is 10.9. The quantitative estimate of drug-likeness (QED) is 0.222. The Balaban J connectivity index is 2.91. The third kappa shape index (κ3) is 20.0. The van der Waals surface area contributed by atoms with Crippen LogP contribution in [0, 0.1) is 7.11 Å². The second-order valence-corrected chi connectivity index (χ2v) is 6.88. The van der Waals surface area contributed by atoms with Crippen LogP contribution in [0.25, 0.3) is 0 Å². The molecule has 0 bridgehead atoms. The van der Waals surface area contributed by atoms with E-state index in [1.54, 1.807) is 0 Å². The number of hydrogen-bond acceptors (Lipinski definition) is 1. The van der Waals surface area contributed by atoms with Crippen molar-refractivity contribution in [3.05, 3.63) is 7.11 Å². The zero-order chi connectivity index (χ0) is 16.1. The largest absolute Gasteiger partial charge is 0.373 e. The van der Waals surface area contributed by atoms with E-state index in [4.69, 9.17) is 7.11 Å². The summed E-state index contributed by atoms with van der Waals surface area (Å²) in [5.74, 6) is 0. The summed E-state index contributed by atoms with van der Waals surface area (Å²) < 4.78 is 4.57. The van der Waals surface area contributed by atoms with Gasteiger partial charge in [-0.15, -0.1) is 0 Å². The Morgan fingerprint density at radius 3 is 1.00 bits per heavy atom. The van der Waals surface area contributed by atoms with Gasteiger partial charge < -0.3 is 4.74 Å². The van der Waals surface area contributed by atoms with Crippen molar-refractivity contribution < 1.29 is 4.74 Å². The molecule has 0 N–H and O–H groups in total. The molecule has 0 fully saturated rings. The minimum Gasteiger partial charge on any atom is -0.373 e. The van der Waals surface area contributed by atoms with E-state index in [1.807, 2.05) is 0 Å². The highest BCUT2D eigenvalue weighted by molar-refractivity contribution is 4.50. The molecule has 1 nitrogen and oxygen atoms in total. The van der Waals surface area contributed by atoms with Crippen molar-refractivity contribution in [2.24, 2.45) is 0 Å². The van der Waals surface area contributed by atoms with E-state index in [0.717, 1.165) is 13.0 Å². The summed E-state index contributed by atoms with van der Waals surface area (Å²) >= 11 is 0. The van der Waals surface area contributed by atoms with Crippen molar-refractivity contribution in [1.82, 2.24) is 0 Å². The van der Waals surface area contributed by atoms with Crippen LogP contribution in [0.3, 0.4) is 0 Å². The van der Waals surface area contributed by atoms with E-state index in [1.165, 1.54) is 109 Å². The molecule has 0 aliphatic rings. The molecule has 0 heterocycles. The lowest BCUT2D eigenvalue weighted by molar-refractivity contribution is 0.233. The predicted molar refractivity (Wildman–Crippen MR) is 99.0 cm³/mol. The summed E-state index contributed by atoms with van der Waals surface area (Å²) in [5.41, 5.74) is 0. The van der Waals surface area contributed by atoms with Gasteiger partial charge in [0.05, 0.1) is 0 Å². The molecule has 1 heteroatoms. The van der Waals surface area contributed by atoms with Gasteiger partial charge in [-0.3, -0.25) is 0 Å². The summed E-state index contributed by atoms with van der Waals surface area (Å²) in [5, 5.41) is 0. The normalized spacial score (nSPS) is 11.2. The fraction of sp³-hybridized carbons (Fsp3) is 0.952. The number of unbranched alkanes of at least 4 members (excludes halogenated alkanes) is 17. The minimum atomic E-state index is 0.721. The van der Waals surface area contributed by atoms with E-state index in [-0.39, 0.29) is 0 Å². The lowest BCUT2D eigenvalue weighted by Crippen LogP contribution is -1.87. The highest BCUT2D eigenvalue weighted by atomic mass is 16.5. The van der Waals surface area contributed by atoms with E-state index in [0.29, 0.717) is 0 Å². The van der Waals surface area contributed by atoms with Crippen LogP contribution in [-0.4, -0.2) is 6.61 Å². The Hall–Kier alpha value is -0.0400. The fourth-order valence-corrected chi connectivity index (χ4v) is 3.09. The second-order valence-electron chi connectivity index (χ2n) is 6.88. The SMILES string of the molecule is [CH]OCCCCCCCCCCCCCCCCCCCC. The van der Waals surface area contributed by atoms with Gasteiger partial charge >= 0.3 is 0 Å². The van der Waals surface area contributed by atoms with Gasteiger partial charge in [-0.1, -0.05) is 116 Å². The predicted octanol–water partition coefficient (Wildman–Crippen LogP) is 7.71. The van der Waals surface area contributed by atoms with E-state index in [9.17, 15) is 0 Å². The molecule has 0 atom stereocenters. The first-order valence-corrected chi connectivity index (χ1v) is 10.2. The van der Waals surface area contributed by atoms with Gasteiger partial charge in [0.15, 0.2) is 0 Å². The van der Waals surface area contributed by atoms with Gasteiger partial charge in [0.2, 0.25) is 0 Å². The van der Waals surface area contributed by atoms with Crippen LogP contribution in [0.5, 0.6) is 0 Å². The molecule has 0 spiro atoms. The highest BCUT2D eigenvalue weighted by Crippen LogP contribution is 2.14. The van der Waals surface area contributed by atoms with Crippen molar-refractivity contribution in [2.75, 3.05) is 6.61 Å². The Morgan fingerprint density at radius 1 is 0.455 bits per heavy atom. The summed E-state index contributed by atoms with van der Waals surface area (Å²) in [6.07, 6.45) is 25.4. The third-order valence-electron chi connectivity index (χ3n) is 4.62. The molecule has 0 aromatic carbocycles. The van der Waals surface area contributed by atoms with Crippen molar-refractivity contribution in [1.29, 1.82) is 0 Å². The second kappa shape index (κ2) is 21.0. The Kier molecular flexibility index (Phi) is 20.9. The number of hydrogen-bond donors (Lipinski definition) is 0. The molecular weight excluding hydrogens is 268 g/mol. The summed E-state index contributed by atoms with van der Waals surface area (Å²) in [4.78, 5) is 0. The maximum atomic E-state index is 5.00. The van der Waals surface area contributed by atoms with Crippen molar-refractivity contribution in [3.8, 4) is 0 Å². The summed E-state index contributed by atoms with van der Waals surface area (Å²) in [6, 6.07) is 0. The smallest absolute Gasteiger partial charge is 0.115 e. The molecule has 0 amide bonds. The summed E-state index contributed by atoms with van der Waals surface area (Å²) in [6.45, 7) is 3.01. The maximum Gasteiger partial charge on any atom is 0.115 e.